The lowest BCUT2D eigenvalue weighted by molar-refractivity contribution is 0.155. The van der Waals surface area contributed by atoms with Crippen LogP contribution in [0.2, 0.25) is 0 Å². The Kier molecular flexibility index (Phi) is 4.64. The van der Waals surface area contributed by atoms with Crippen molar-refractivity contribution in [3.63, 3.8) is 0 Å². The Hall–Kier alpha value is -2.45. The van der Waals surface area contributed by atoms with Crippen LogP contribution < -0.4 is 5.32 Å². The smallest absolute Gasteiger partial charge is 0.411 e. The first-order valence-electron chi connectivity index (χ1n) is 5.90. The Balaban J connectivity index is 1.93. The molecule has 0 unspecified atom stereocenters. The number of anilines is 1. The molecule has 0 aliphatic rings. The van der Waals surface area contributed by atoms with Gasteiger partial charge in [0.2, 0.25) is 0 Å². The van der Waals surface area contributed by atoms with Gasteiger partial charge in [0.25, 0.3) is 0 Å². The number of nitrogens with one attached hydrogen (secondary N) is 1. The van der Waals surface area contributed by atoms with E-state index in [1.807, 2.05) is 36.4 Å². The summed E-state index contributed by atoms with van der Waals surface area (Å²) in [7, 11) is 0. The van der Waals surface area contributed by atoms with Gasteiger partial charge >= 0.3 is 6.09 Å². The zero-order valence-electron chi connectivity index (χ0n) is 10.5. The van der Waals surface area contributed by atoms with Gasteiger partial charge in [-0.1, -0.05) is 30.3 Å². The maximum atomic E-state index is 11.7. The molecule has 0 atom stereocenters. The minimum absolute atomic E-state index is 0.199. The van der Waals surface area contributed by atoms with E-state index in [9.17, 15) is 4.79 Å². The highest BCUT2D eigenvalue weighted by atomic mass is 32.1. The van der Waals surface area contributed by atoms with E-state index in [4.69, 9.17) is 10.00 Å². The van der Waals surface area contributed by atoms with Crippen LogP contribution in [0.25, 0.3) is 0 Å². The minimum atomic E-state index is -0.561. The summed E-state index contributed by atoms with van der Waals surface area (Å²) >= 11 is 4.21. The molecule has 0 aliphatic heterocycles. The van der Waals surface area contributed by atoms with Crippen molar-refractivity contribution in [3.05, 3.63) is 59.7 Å². The number of rotatable bonds is 3. The molecule has 2 aromatic rings. The first-order valence-corrected chi connectivity index (χ1v) is 6.34. The highest BCUT2D eigenvalue weighted by Crippen LogP contribution is 2.21. The summed E-state index contributed by atoms with van der Waals surface area (Å²) in [5.74, 6) is 0. The highest BCUT2D eigenvalue weighted by molar-refractivity contribution is 7.80. The molecule has 20 heavy (non-hydrogen) atoms. The van der Waals surface area contributed by atoms with Gasteiger partial charge in [0.15, 0.2) is 0 Å². The molecule has 5 heteroatoms. The fourth-order valence-corrected chi connectivity index (χ4v) is 1.85. The van der Waals surface area contributed by atoms with Crippen LogP contribution in [0, 0.1) is 11.3 Å². The standard InChI is InChI=1S/C15H12N2O2S/c16-9-12-6-7-13(14(20)8-12)17-15(18)19-10-11-4-2-1-3-5-11/h1-8,20H,10H2,(H,17,18). The first-order chi connectivity index (χ1) is 9.69. The number of thiol groups is 1. The van der Waals surface area contributed by atoms with E-state index in [1.165, 1.54) is 0 Å². The van der Waals surface area contributed by atoms with Crippen molar-refractivity contribution in [2.45, 2.75) is 11.5 Å². The van der Waals surface area contributed by atoms with Crippen LogP contribution >= 0.6 is 12.6 Å². The molecule has 4 nitrogen and oxygen atoms in total. The van der Waals surface area contributed by atoms with E-state index in [0.717, 1.165) is 5.56 Å². The predicted molar refractivity (Wildman–Crippen MR) is 78.7 cm³/mol. The van der Waals surface area contributed by atoms with E-state index in [1.54, 1.807) is 18.2 Å². The molecular weight excluding hydrogens is 272 g/mol. The molecule has 0 spiro atoms. The summed E-state index contributed by atoms with van der Waals surface area (Å²) in [5.41, 5.74) is 1.90. The average molecular weight is 284 g/mol. The zero-order chi connectivity index (χ0) is 14.4. The maximum absolute atomic E-state index is 11.7. The van der Waals surface area contributed by atoms with E-state index in [2.05, 4.69) is 17.9 Å². The second-order valence-electron chi connectivity index (χ2n) is 4.03. The van der Waals surface area contributed by atoms with Gasteiger partial charge < -0.3 is 4.74 Å². The fraction of sp³-hybridized carbons (Fsp3) is 0.0667. The number of hydrogen-bond donors (Lipinski definition) is 2. The van der Waals surface area contributed by atoms with Crippen molar-refractivity contribution in [3.8, 4) is 6.07 Å². The summed E-state index contributed by atoms with van der Waals surface area (Å²) in [6.45, 7) is 0.199. The lowest BCUT2D eigenvalue weighted by Crippen LogP contribution is -2.13. The largest absolute Gasteiger partial charge is 0.444 e. The first kappa shape index (κ1) is 14.0. The maximum Gasteiger partial charge on any atom is 0.411 e. The Morgan fingerprint density at radius 3 is 2.65 bits per heavy atom. The second-order valence-corrected chi connectivity index (χ2v) is 4.51. The van der Waals surface area contributed by atoms with Crippen LogP contribution in [0.4, 0.5) is 10.5 Å². The third kappa shape index (κ3) is 3.77. The molecule has 0 radical (unpaired) electrons. The molecule has 0 heterocycles. The summed E-state index contributed by atoms with van der Waals surface area (Å²) in [6, 6.07) is 16.2. The van der Waals surface area contributed by atoms with Crippen molar-refractivity contribution >= 4 is 24.4 Å². The Labute approximate surface area is 122 Å². The molecule has 0 saturated heterocycles. The van der Waals surface area contributed by atoms with Crippen LogP contribution in [0.15, 0.2) is 53.4 Å². The molecule has 0 saturated carbocycles. The Bertz CT molecular complexity index is 651. The van der Waals surface area contributed by atoms with Crippen molar-refractivity contribution in [1.29, 1.82) is 5.26 Å². The van der Waals surface area contributed by atoms with Gasteiger partial charge in [0.1, 0.15) is 6.61 Å². The molecule has 0 aliphatic carbocycles. The topological polar surface area (TPSA) is 62.1 Å². The quantitative estimate of drug-likeness (QED) is 0.847. The number of hydrogen-bond acceptors (Lipinski definition) is 4. The number of nitrogens with zero attached hydrogens (tertiary/aromatic N) is 1. The number of carbonyl (C=O) groups excluding carboxylic acids is 1. The van der Waals surface area contributed by atoms with Crippen LogP contribution in [0.3, 0.4) is 0 Å². The minimum Gasteiger partial charge on any atom is -0.444 e. The van der Waals surface area contributed by atoms with Crippen molar-refractivity contribution < 1.29 is 9.53 Å². The number of amides is 1. The van der Waals surface area contributed by atoms with E-state index < -0.39 is 6.09 Å². The monoisotopic (exact) mass is 284 g/mol. The number of benzene rings is 2. The molecule has 1 N–H and O–H groups in total. The molecule has 0 aromatic heterocycles. The highest BCUT2D eigenvalue weighted by Gasteiger charge is 2.07. The zero-order valence-corrected chi connectivity index (χ0v) is 11.4. The molecule has 2 aromatic carbocycles. The van der Waals surface area contributed by atoms with Crippen LogP contribution in [0.1, 0.15) is 11.1 Å². The molecular formula is C15H12N2O2S. The van der Waals surface area contributed by atoms with Gasteiger partial charge in [-0.15, -0.1) is 12.6 Å². The molecule has 2 rings (SSSR count). The SMILES string of the molecule is N#Cc1ccc(NC(=O)OCc2ccccc2)c(S)c1. The van der Waals surface area contributed by atoms with Gasteiger partial charge in [-0.3, -0.25) is 5.32 Å². The third-order valence-corrected chi connectivity index (χ3v) is 2.95. The average Bonchev–Trinajstić information content (AvgIpc) is 2.48. The van der Waals surface area contributed by atoms with E-state index in [0.29, 0.717) is 16.1 Å². The number of nitriles is 1. The Morgan fingerprint density at radius 1 is 1.25 bits per heavy atom. The van der Waals surface area contributed by atoms with Gasteiger partial charge in [-0.25, -0.2) is 4.79 Å². The van der Waals surface area contributed by atoms with Gasteiger partial charge in [0.05, 0.1) is 17.3 Å². The molecule has 0 fully saturated rings. The molecule has 100 valence electrons. The van der Waals surface area contributed by atoms with Gasteiger partial charge in [-0.05, 0) is 23.8 Å². The van der Waals surface area contributed by atoms with Crippen molar-refractivity contribution in [1.82, 2.24) is 0 Å². The van der Waals surface area contributed by atoms with Crippen molar-refractivity contribution in [2.24, 2.45) is 0 Å². The summed E-state index contributed by atoms with van der Waals surface area (Å²) in [6.07, 6.45) is -0.561. The van der Waals surface area contributed by atoms with Crippen LogP contribution in [-0.2, 0) is 11.3 Å². The Morgan fingerprint density at radius 2 is 2.00 bits per heavy atom. The fourth-order valence-electron chi connectivity index (χ4n) is 1.58. The summed E-state index contributed by atoms with van der Waals surface area (Å²) < 4.78 is 5.09. The van der Waals surface area contributed by atoms with Crippen LogP contribution in [-0.4, -0.2) is 6.09 Å². The normalized spacial score (nSPS) is 9.60. The van der Waals surface area contributed by atoms with Gasteiger partial charge in [0, 0.05) is 4.90 Å². The number of ether oxygens (including phenoxy) is 1. The van der Waals surface area contributed by atoms with Crippen LogP contribution in [0.5, 0.6) is 0 Å². The molecule has 1 amide bonds. The van der Waals surface area contributed by atoms with Gasteiger partial charge in [-0.2, -0.15) is 5.26 Å². The third-order valence-electron chi connectivity index (χ3n) is 2.58. The van der Waals surface area contributed by atoms with E-state index in [-0.39, 0.29) is 6.61 Å². The predicted octanol–water partition coefficient (Wildman–Crippen LogP) is 3.60. The second kappa shape index (κ2) is 6.64. The number of carbonyl (C=O) groups is 1. The van der Waals surface area contributed by atoms with E-state index >= 15 is 0 Å². The molecule has 0 bridgehead atoms. The lowest BCUT2D eigenvalue weighted by atomic mass is 10.2. The van der Waals surface area contributed by atoms with Crippen molar-refractivity contribution in [2.75, 3.05) is 5.32 Å². The lowest BCUT2D eigenvalue weighted by Gasteiger charge is -2.09. The summed E-state index contributed by atoms with van der Waals surface area (Å²) in [4.78, 5) is 12.2. The summed E-state index contributed by atoms with van der Waals surface area (Å²) in [5, 5.41) is 11.3.